The normalized spacial score (nSPS) is 26.9. The van der Waals surface area contributed by atoms with Crippen molar-refractivity contribution in [1.82, 2.24) is 15.4 Å². The van der Waals surface area contributed by atoms with Crippen LogP contribution in [0.5, 0.6) is 11.6 Å². The lowest BCUT2D eigenvalue weighted by Gasteiger charge is -2.49. The van der Waals surface area contributed by atoms with Gasteiger partial charge < -0.3 is 14.6 Å². The van der Waals surface area contributed by atoms with Gasteiger partial charge in [-0.2, -0.15) is 13.2 Å². The van der Waals surface area contributed by atoms with E-state index >= 15 is 0 Å². The highest BCUT2D eigenvalue weighted by Crippen LogP contribution is 2.33. The predicted molar refractivity (Wildman–Crippen MR) is 93.0 cm³/mol. The molecule has 3 fully saturated rings. The van der Waals surface area contributed by atoms with Gasteiger partial charge in [0.1, 0.15) is 5.75 Å². The molecule has 1 aromatic heterocycles. The van der Waals surface area contributed by atoms with Crippen LogP contribution in [0.1, 0.15) is 35.9 Å². The Hall–Kier alpha value is -2.55. The summed E-state index contributed by atoms with van der Waals surface area (Å²) in [6.07, 6.45) is -2.43. The first-order chi connectivity index (χ1) is 13.3. The van der Waals surface area contributed by atoms with Gasteiger partial charge in [0, 0.05) is 17.6 Å². The van der Waals surface area contributed by atoms with Crippen molar-refractivity contribution >= 4 is 5.91 Å². The van der Waals surface area contributed by atoms with Gasteiger partial charge in [-0.25, -0.2) is 0 Å². The molecule has 2 aromatic rings. The molecule has 2 atom stereocenters. The molecule has 6 nitrogen and oxygen atoms in total. The fourth-order valence-electron chi connectivity index (χ4n) is 4.02. The number of ether oxygens (including phenoxy) is 1. The number of hydrogen-bond donors (Lipinski definition) is 1. The van der Waals surface area contributed by atoms with Crippen LogP contribution in [0, 0.1) is 5.92 Å². The molecular formula is C19H20F3N3O3. The van der Waals surface area contributed by atoms with Crippen LogP contribution in [0.4, 0.5) is 13.2 Å². The number of piperidine rings is 3. The van der Waals surface area contributed by atoms with Crippen molar-refractivity contribution in [3.8, 4) is 11.6 Å². The Morgan fingerprint density at radius 2 is 1.93 bits per heavy atom. The van der Waals surface area contributed by atoms with E-state index in [2.05, 4.69) is 26.8 Å². The second-order valence-electron chi connectivity index (χ2n) is 7.27. The molecule has 3 aliphatic heterocycles. The van der Waals surface area contributed by atoms with E-state index in [9.17, 15) is 18.0 Å². The van der Waals surface area contributed by atoms with E-state index < -0.39 is 11.9 Å². The lowest BCUT2D eigenvalue weighted by atomic mass is 9.79. The van der Waals surface area contributed by atoms with Crippen LogP contribution in [0.25, 0.3) is 0 Å². The third kappa shape index (κ3) is 3.71. The number of halogens is 3. The lowest BCUT2D eigenvalue weighted by molar-refractivity contribution is -0.155. The first-order valence-corrected chi connectivity index (χ1v) is 9.18. The molecule has 5 rings (SSSR count). The van der Waals surface area contributed by atoms with Crippen LogP contribution in [-0.4, -0.2) is 41.1 Å². The van der Waals surface area contributed by atoms with Crippen LogP contribution in [0.3, 0.4) is 0 Å². The van der Waals surface area contributed by atoms with Crippen LogP contribution in [0.15, 0.2) is 34.9 Å². The largest absolute Gasteiger partial charge is 0.452 e. The van der Waals surface area contributed by atoms with E-state index in [1.807, 2.05) is 0 Å². The third-order valence-electron chi connectivity index (χ3n) is 5.58. The Labute approximate surface area is 159 Å². The molecule has 1 amide bonds. The Bertz CT molecular complexity index is 840. The van der Waals surface area contributed by atoms with Crippen molar-refractivity contribution in [2.24, 2.45) is 5.92 Å². The molecule has 3 saturated heterocycles. The highest BCUT2D eigenvalue weighted by atomic mass is 19.4. The molecule has 150 valence electrons. The van der Waals surface area contributed by atoms with Crippen LogP contribution >= 0.6 is 0 Å². The summed E-state index contributed by atoms with van der Waals surface area (Å²) in [5.74, 6) is -0.940. The van der Waals surface area contributed by atoms with Crippen LogP contribution < -0.4 is 10.1 Å². The molecule has 28 heavy (non-hydrogen) atoms. The van der Waals surface area contributed by atoms with Gasteiger partial charge in [0.15, 0.2) is 0 Å². The van der Waals surface area contributed by atoms with Gasteiger partial charge in [-0.3, -0.25) is 9.69 Å². The van der Waals surface area contributed by atoms with Crippen molar-refractivity contribution in [2.75, 3.05) is 13.1 Å². The SMILES string of the molecule is CC1C(NC(=O)c2ccc(Oc3cc(C(F)(F)F)on3)cc2)C2CCN1CC2. The van der Waals surface area contributed by atoms with E-state index in [0.717, 1.165) is 25.9 Å². The molecule has 1 aromatic carbocycles. The van der Waals surface area contributed by atoms with Gasteiger partial charge in [0.2, 0.25) is 5.76 Å². The topological polar surface area (TPSA) is 67.6 Å². The fourth-order valence-corrected chi connectivity index (χ4v) is 4.02. The average Bonchev–Trinajstić information content (AvgIpc) is 3.14. The summed E-state index contributed by atoms with van der Waals surface area (Å²) < 4.78 is 47.0. The maximum absolute atomic E-state index is 12.6. The Morgan fingerprint density at radius 1 is 1.25 bits per heavy atom. The second-order valence-corrected chi connectivity index (χ2v) is 7.27. The van der Waals surface area contributed by atoms with Gasteiger partial charge in [-0.15, -0.1) is 0 Å². The molecule has 0 spiro atoms. The molecule has 2 unspecified atom stereocenters. The second kappa shape index (κ2) is 7.12. The van der Waals surface area contributed by atoms with Crippen molar-refractivity contribution in [2.45, 2.75) is 38.0 Å². The van der Waals surface area contributed by atoms with Crippen molar-refractivity contribution in [3.05, 3.63) is 41.7 Å². The number of nitrogens with one attached hydrogen (secondary N) is 1. The summed E-state index contributed by atoms with van der Waals surface area (Å²) >= 11 is 0. The summed E-state index contributed by atoms with van der Waals surface area (Å²) in [6, 6.07) is 7.28. The van der Waals surface area contributed by atoms with Gasteiger partial charge in [0.05, 0.1) is 6.07 Å². The maximum Gasteiger partial charge on any atom is 0.452 e. The number of hydrogen-bond acceptors (Lipinski definition) is 5. The van der Waals surface area contributed by atoms with E-state index in [0.29, 0.717) is 23.6 Å². The molecule has 9 heteroatoms. The number of fused-ring (bicyclic) bond motifs is 3. The number of carbonyl (C=O) groups excluding carboxylic acids is 1. The number of carbonyl (C=O) groups is 1. The highest BCUT2D eigenvalue weighted by Gasteiger charge is 2.40. The number of aromatic nitrogens is 1. The zero-order valence-corrected chi connectivity index (χ0v) is 15.2. The van der Waals surface area contributed by atoms with Gasteiger partial charge in [-0.1, -0.05) is 0 Å². The summed E-state index contributed by atoms with van der Waals surface area (Å²) in [7, 11) is 0. The minimum Gasteiger partial charge on any atom is -0.436 e. The first kappa shape index (κ1) is 18.8. The molecule has 0 saturated carbocycles. The predicted octanol–water partition coefficient (Wildman–Crippen LogP) is 3.70. The minimum absolute atomic E-state index is 0.127. The summed E-state index contributed by atoms with van der Waals surface area (Å²) in [5.41, 5.74) is 0.465. The Kier molecular flexibility index (Phi) is 4.78. The van der Waals surface area contributed by atoms with E-state index in [4.69, 9.17) is 4.74 Å². The number of nitrogens with zero attached hydrogens (tertiary/aromatic N) is 2. The molecule has 1 N–H and O–H groups in total. The lowest BCUT2D eigenvalue weighted by Crippen LogP contribution is -2.62. The molecule has 3 aliphatic rings. The quantitative estimate of drug-likeness (QED) is 0.855. The Morgan fingerprint density at radius 3 is 2.50 bits per heavy atom. The molecular weight excluding hydrogens is 375 g/mol. The van der Waals surface area contributed by atoms with E-state index in [1.165, 1.54) is 12.1 Å². The summed E-state index contributed by atoms with van der Waals surface area (Å²) in [5, 5.41) is 6.37. The number of amides is 1. The molecule has 4 heterocycles. The maximum atomic E-state index is 12.6. The van der Waals surface area contributed by atoms with E-state index in [-0.39, 0.29) is 23.6 Å². The highest BCUT2D eigenvalue weighted by molar-refractivity contribution is 5.94. The number of benzene rings is 1. The summed E-state index contributed by atoms with van der Waals surface area (Å²) in [4.78, 5) is 15.0. The molecule has 2 bridgehead atoms. The number of rotatable bonds is 4. The van der Waals surface area contributed by atoms with Crippen molar-refractivity contribution in [3.63, 3.8) is 0 Å². The monoisotopic (exact) mass is 395 g/mol. The van der Waals surface area contributed by atoms with Crippen molar-refractivity contribution in [1.29, 1.82) is 0 Å². The molecule has 0 aliphatic carbocycles. The van der Waals surface area contributed by atoms with Crippen LogP contribution in [-0.2, 0) is 6.18 Å². The fraction of sp³-hybridized carbons (Fsp3) is 0.474. The zero-order valence-electron chi connectivity index (χ0n) is 15.2. The minimum atomic E-state index is -4.62. The Balaban J connectivity index is 1.39. The van der Waals surface area contributed by atoms with Gasteiger partial charge >= 0.3 is 6.18 Å². The zero-order chi connectivity index (χ0) is 19.9. The third-order valence-corrected chi connectivity index (χ3v) is 5.58. The van der Waals surface area contributed by atoms with Crippen molar-refractivity contribution < 1.29 is 27.2 Å². The smallest absolute Gasteiger partial charge is 0.436 e. The molecule has 0 radical (unpaired) electrons. The van der Waals surface area contributed by atoms with Gasteiger partial charge in [-0.05, 0) is 68.2 Å². The summed E-state index contributed by atoms with van der Waals surface area (Å²) in [6.45, 7) is 4.31. The number of alkyl halides is 3. The average molecular weight is 395 g/mol. The standard InChI is InChI=1S/C19H20F3N3O3/c1-11-17(12-6-8-25(11)9-7-12)23-18(26)13-2-4-14(5-3-13)27-16-10-15(28-24-16)19(20,21)22/h2-5,10-12,17H,6-9H2,1H3,(H,23,26). The first-order valence-electron chi connectivity index (χ1n) is 9.18. The van der Waals surface area contributed by atoms with Crippen LogP contribution in [0.2, 0.25) is 0 Å². The van der Waals surface area contributed by atoms with E-state index in [1.54, 1.807) is 12.1 Å². The van der Waals surface area contributed by atoms with Gasteiger partial charge in [0.25, 0.3) is 11.8 Å².